The summed E-state index contributed by atoms with van der Waals surface area (Å²) in [6, 6.07) is 9.30. The molecule has 0 radical (unpaired) electrons. The second-order valence-corrected chi connectivity index (χ2v) is 8.97. The zero-order valence-electron chi connectivity index (χ0n) is 18.7. The number of amides is 1. The molecule has 0 aliphatic carbocycles. The lowest BCUT2D eigenvalue weighted by atomic mass is 9.78. The molecule has 1 heterocycles. The van der Waals surface area contributed by atoms with E-state index >= 15 is 0 Å². The Kier molecular flexibility index (Phi) is 6.63. The number of carboxylic acid groups (broad SMARTS) is 1. The first-order valence-corrected chi connectivity index (χ1v) is 10.3. The van der Waals surface area contributed by atoms with E-state index in [1.807, 2.05) is 27.7 Å². The molecule has 1 atom stereocenters. The molecule has 0 bridgehead atoms. The second kappa shape index (κ2) is 8.83. The summed E-state index contributed by atoms with van der Waals surface area (Å²) in [5, 5.41) is 11.9. The Morgan fingerprint density at radius 1 is 0.970 bits per heavy atom. The number of hydrogen-bond donors (Lipinski definition) is 2. The average Bonchev–Trinajstić information content (AvgIpc) is 2.94. The highest BCUT2D eigenvalue weighted by atomic mass is 19.4. The normalized spacial score (nSPS) is 18.1. The van der Waals surface area contributed by atoms with Crippen LogP contribution in [0, 0.1) is 0 Å². The summed E-state index contributed by atoms with van der Waals surface area (Å²) in [4.78, 5) is 24.0. The molecular formula is C23H25BF3NO5. The fraction of sp³-hybridized carbons (Fsp3) is 0.391. The van der Waals surface area contributed by atoms with Crippen molar-refractivity contribution in [3.8, 4) is 0 Å². The van der Waals surface area contributed by atoms with Gasteiger partial charge in [-0.3, -0.25) is 4.79 Å². The first kappa shape index (κ1) is 24.8. The number of rotatable bonds is 6. The molecule has 1 aliphatic heterocycles. The molecule has 2 aromatic rings. The fourth-order valence-electron chi connectivity index (χ4n) is 3.28. The molecule has 1 saturated heterocycles. The van der Waals surface area contributed by atoms with Crippen LogP contribution in [0.2, 0.25) is 0 Å². The SMILES string of the molecule is CC1(C)OB(c2ccc(C[C@@H](NC(=O)c3ccc(C(F)(F)F)cc3)C(=O)O)cc2)OC1(C)C. The zero-order chi connectivity index (χ0) is 24.6. The van der Waals surface area contributed by atoms with E-state index < -0.39 is 48.0 Å². The van der Waals surface area contributed by atoms with Crippen molar-refractivity contribution in [2.45, 2.75) is 57.5 Å². The molecule has 1 aliphatic rings. The van der Waals surface area contributed by atoms with Crippen LogP contribution >= 0.6 is 0 Å². The summed E-state index contributed by atoms with van der Waals surface area (Å²) < 4.78 is 50.1. The smallest absolute Gasteiger partial charge is 0.480 e. The van der Waals surface area contributed by atoms with Crippen molar-refractivity contribution in [3.63, 3.8) is 0 Å². The lowest BCUT2D eigenvalue weighted by Gasteiger charge is -2.32. The Morgan fingerprint density at radius 2 is 1.48 bits per heavy atom. The van der Waals surface area contributed by atoms with E-state index in [4.69, 9.17) is 9.31 Å². The van der Waals surface area contributed by atoms with Crippen molar-refractivity contribution in [3.05, 3.63) is 65.2 Å². The van der Waals surface area contributed by atoms with E-state index in [2.05, 4.69) is 5.32 Å². The van der Waals surface area contributed by atoms with Crippen LogP contribution in [0.3, 0.4) is 0 Å². The third kappa shape index (κ3) is 5.56. The van der Waals surface area contributed by atoms with E-state index in [1.54, 1.807) is 24.3 Å². The van der Waals surface area contributed by atoms with Crippen molar-refractivity contribution in [1.29, 1.82) is 0 Å². The summed E-state index contributed by atoms with van der Waals surface area (Å²) in [5.41, 5.74) is -0.518. The Bertz CT molecular complexity index is 1000. The molecule has 3 rings (SSSR count). The summed E-state index contributed by atoms with van der Waals surface area (Å²) in [6.07, 6.45) is -4.53. The van der Waals surface area contributed by atoms with E-state index in [0.717, 1.165) is 29.7 Å². The highest BCUT2D eigenvalue weighted by Gasteiger charge is 2.51. The maximum absolute atomic E-state index is 12.7. The van der Waals surface area contributed by atoms with Gasteiger partial charge in [0, 0.05) is 12.0 Å². The predicted molar refractivity (Wildman–Crippen MR) is 116 cm³/mol. The van der Waals surface area contributed by atoms with Crippen LogP contribution in [0.4, 0.5) is 13.2 Å². The lowest BCUT2D eigenvalue weighted by molar-refractivity contribution is -0.139. The minimum Gasteiger partial charge on any atom is -0.480 e. The Morgan fingerprint density at radius 3 is 1.94 bits per heavy atom. The number of nitrogens with one attached hydrogen (secondary N) is 1. The number of halogens is 3. The van der Waals surface area contributed by atoms with Crippen molar-refractivity contribution in [2.75, 3.05) is 0 Å². The molecule has 0 aromatic heterocycles. The summed E-state index contributed by atoms with van der Waals surface area (Å²) in [6.45, 7) is 7.77. The van der Waals surface area contributed by atoms with Gasteiger partial charge in [-0.2, -0.15) is 13.2 Å². The number of hydrogen-bond acceptors (Lipinski definition) is 4. The lowest BCUT2D eigenvalue weighted by Crippen LogP contribution is -2.42. The Labute approximate surface area is 190 Å². The van der Waals surface area contributed by atoms with Gasteiger partial charge in [0.15, 0.2) is 0 Å². The molecular weight excluding hydrogens is 438 g/mol. The number of benzene rings is 2. The Hall–Kier alpha value is -2.85. The van der Waals surface area contributed by atoms with Crippen LogP contribution in [-0.4, -0.2) is 41.3 Å². The van der Waals surface area contributed by atoms with Crippen molar-refractivity contribution in [1.82, 2.24) is 5.32 Å². The van der Waals surface area contributed by atoms with Crippen molar-refractivity contribution >= 4 is 24.5 Å². The molecule has 10 heteroatoms. The number of aliphatic carboxylic acids is 1. The molecule has 0 spiro atoms. The van der Waals surface area contributed by atoms with Crippen LogP contribution < -0.4 is 10.8 Å². The number of carboxylic acids is 1. The number of carbonyl (C=O) groups excluding carboxylic acids is 1. The standard InChI is InChI=1S/C23H25BF3NO5/c1-21(2)22(3,4)33-24(32-21)17-11-5-14(6-12-17)13-18(20(30)31)28-19(29)15-7-9-16(10-8-15)23(25,26)27/h5-12,18H,13H2,1-4H3,(H,28,29)(H,30,31)/t18-/m1/s1. The molecule has 1 amide bonds. The summed E-state index contributed by atoms with van der Waals surface area (Å²) in [5.74, 6) is -2.03. The van der Waals surface area contributed by atoms with Crippen LogP contribution in [0.15, 0.2) is 48.5 Å². The third-order valence-electron chi connectivity index (χ3n) is 6.02. The first-order chi connectivity index (χ1) is 15.2. The maximum atomic E-state index is 12.7. The molecule has 6 nitrogen and oxygen atoms in total. The van der Waals surface area contributed by atoms with Gasteiger partial charge in [-0.05, 0) is 63.0 Å². The second-order valence-electron chi connectivity index (χ2n) is 8.97. The van der Waals surface area contributed by atoms with Gasteiger partial charge in [-0.1, -0.05) is 24.3 Å². The van der Waals surface area contributed by atoms with E-state index in [0.29, 0.717) is 5.56 Å². The topological polar surface area (TPSA) is 84.9 Å². The van der Waals surface area contributed by atoms with Gasteiger partial charge in [0.05, 0.1) is 16.8 Å². The van der Waals surface area contributed by atoms with Gasteiger partial charge in [0.1, 0.15) is 6.04 Å². The quantitative estimate of drug-likeness (QED) is 0.642. The molecule has 0 saturated carbocycles. The van der Waals surface area contributed by atoms with Gasteiger partial charge >= 0.3 is 19.3 Å². The van der Waals surface area contributed by atoms with Crippen LogP contribution in [0.1, 0.15) is 49.2 Å². The van der Waals surface area contributed by atoms with E-state index in [9.17, 15) is 27.9 Å². The van der Waals surface area contributed by atoms with Gasteiger partial charge in [-0.15, -0.1) is 0 Å². The Balaban J connectivity index is 1.67. The third-order valence-corrected chi connectivity index (χ3v) is 6.02. The van der Waals surface area contributed by atoms with Gasteiger partial charge < -0.3 is 19.7 Å². The largest absolute Gasteiger partial charge is 0.494 e. The predicted octanol–water partition coefficient (Wildman–Crippen LogP) is 3.43. The molecule has 2 aromatic carbocycles. The fourth-order valence-corrected chi connectivity index (χ4v) is 3.28. The number of carbonyl (C=O) groups is 2. The zero-order valence-corrected chi connectivity index (χ0v) is 18.7. The van der Waals surface area contributed by atoms with Crippen LogP contribution in [0.25, 0.3) is 0 Å². The first-order valence-electron chi connectivity index (χ1n) is 10.3. The van der Waals surface area contributed by atoms with Gasteiger partial charge in [-0.25, -0.2) is 4.79 Å². The van der Waals surface area contributed by atoms with Gasteiger partial charge in [0.2, 0.25) is 0 Å². The molecule has 0 unspecified atom stereocenters. The van der Waals surface area contributed by atoms with E-state index in [-0.39, 0.29) is 12.0 Å². The maximum Gasteiger partial charge on any atom is 0.494 e. The van der Waals surface area contributed by atoms with E-state index in [1.165, 1.54) is 0 Å². The number of alkyl halides is 3. The molecule has 176 valence electrons. The minimum absolute atomic E-state index is 0.00858. The van der Waals surface area contributed by atoms with Gasteiger partial charge in [0.25, 0.3) is 5.91 Å². The molecule has 33 heavy (non-hydrogen) atoms. The summed E-state index contributed by atoms with van der Waals surface area (Å²) >= 11 is 0. The monoisotopic (exact) mass is 463 g/mol. The average molecular weight is 463 g/mol. The molecule has 1 fully saturated rings. The summed E-state index contributed by atoms with van der Waals surface area (Å²) in [7, 11) is -0.557. The minimum atomic E-state index is -4.52. The van der Waals surface area contributed by atoms with Crippen LogP contribution in [-0.2, 0) is 26.7 Å². The highest BCUT2D eigenvalue weighted by Crippen LogP contribution is 2.36. The van der Waals surface area contributed by atoms with Crippen molar-refractivity contribution in [2.24, 2.45) is 0 Å². The van der Waals surface area contributed by atoms with Crippen molar-refractivity contribution < 1.29 is 37.2 Å². The molecule has 2 N–H and O–H groups in total. The highest BCUT2D eigenvalue weighted by molar-refractivity contribution is 6.62. The van der Waals surface area contributed by atoms with Crippen LogP contribution in [0.5, 0.6) is 0 Å².